The first-order chi connectivity index (χ1) is 9.25. The zero-order chi connectivity index (χ0) is 13.2. The molecule has 19 heavy (non-hydrogen) atoms. The first kappa shape index (κ1) is 13.2. The Bertz CT molecular complexity index is 547. The van der Waals surface area contributed by atoms with E-state index in [1.165, 1.54) is 42.0 Å². The van der Waals surface area contributed by atoms with Crippen LogP contribution < -0.4 is 0 Å². The molecule has 1 unspecified atom stereocenters. The molecule has 1 aliphatic rings. The van der Waals surface area contributed by atoms with E-state index in [2.05, 4.69) is 65.3 Å². The Kier molecular flexibility index (Phi) is 3.93. The quantitative estimate of drug-likeness (QED) is 0.587. The number of alkyl halides is 1. The minimum atomic E-state index is 0.506. The first-order valence-electron chi connectivity index (χ1n) is 7.37. The molecular weight excluding hydrogens is 296 g/mol. The summed E-state index contributed by atoms with van der Waals surface area (Å²) in [4.78, 5) is 0.506. The molecule has 0 N–H and O–H groups in total. The highest BCUT2D eigenvalue weighted by Crippen LogP contribution is 2.43. The monoisotopic (exact) mass is 316 g/mol. The van der Waals surface area contributed by atoms with Crippen LogP contribution in [-0.4, -0.2) is 0 Å². The Labute approximate surface area is 124 Å². The number of fused-ring (bicyclic) bond motifs is 1. The van der Waals surface area contributed by atoms with E-state index >= 15 is 0 Å². The molecule has 1 aliphatic carbocycles. The molecule has 0 heterocycles. The molecule has 0 aromatic heterocycles. The van der Waals surface area contributed by atoms with E-state index in [1.54, 1.807) is 0 Å². The molecule has 2 aromatic rings. The van der Waals surface area contributed by atoms with Crippen molar-refractivity contribution in [3.8, 4) is 0 Å². The van der Waals surface area contributed by atoms with Gasteiger partial charge >= 0.3 is 0 Å². The Morgan fingerprint density at radius 1 is 0.947 bits per heavy atom. The van der Waals surface area contributed by atoms with E-state index in [0.29, 0.717) is 4.83 Å². The zero-order valence-electron chi connectivity index (χ0n) is 11.5. The second-order valence-corrected chi connectivity index (χ2v) is 6.98. The topological polar surface area (TPSA) is 0 Å². The molecule has 3 rings (SSSR count). The van der Waals surface area contributed by atoms with Crippen molar-refractivity contribution in [1.29, 1.82) is 0 Å². The molecular formula is C18H21Br. The van der Waals surface area contributed by atoms with Crippen molar-refractivity contribution in [2.75, 3.05) is 0 Å². The van der Waals surface area contributed by atoms with E-state index in [9.17, 15) is 0 Å². The molecule has 1 heteroatoms. The molecule has 1 saturated carbocycles. The van der Waals surface area contributed by atoms with Crippen LogP contribution in [0.5, 0.6) is 0 Å². The second-order valence-electron chi connectivity index (χ2n) is 5.99. The zero-order valence-corrected chi connectivity index (χ0v) is 13.1. The smallest absolute Gasteiger partial charge is 0.0429 e. The predicted octanol–water partition coefficient (Wildman–Crippen LogP) is 6.10. The average molecular weight is 317 g/mol. The third kappa shape index (κ3) is 2.72. The fourth-order valence-electron chi connectivity index (χ4n) is 3.32. The number of rotatable bonds is 2. The maximum atomic E-state index is 3.99. The molecule has 2 aromatic carbocycles. The first-order valence-corrected chi connectivity index (χ1v) is 8.29. The van der Waals surface area contributed by atoms with E-state index in [-0.39, 0.29) is 0 Å². The molecule has 1 fully saturated rings. The van der Waals surface area contributed by atoms with Gasteiger partial charge in [0.25, 0.3) is 0 Å². The molecule has 0 aliphatic heterocycles. The highest BCUT2D eigenvalue weighted by Gasteiger charge is 2.26. The second kappa shape index (κ2) is 5.66. The molecule has 0 saturated heterocycles. The third-order valence-electron chi connectivity index (χ3n) is 4.59. The van der Waals surface area contributed by atoms with Crippen molar-refractivity contribution in [3.05, 3.63) is 48.0 Å². The fourth-order valence-corrected chi connectivity index (χ4v) is 4.25. The van der Waals surface area contributed by atoms with Gasteiger partial charge in [-0.15, -0.1) is 0 Å². The van der Waals surface area contributed by atoms with Gasteiger partial charge in [0.1, 0.15) is 0 Å². The molecule has 1 atom stereocenters. The summed E-state index contributed by atoms with van der Waals surface area (Å²) in [6.07, 6.45) is 5.50. The highest BCUT2D eigenvalue weighted by molar-refractivity contribution is 9.09. The SMILES string of the molecule is CC1CCC(C(Br)c2cccc3ccccc23)CC1. The summed E-state index contributed by atoms with van der Waals surface area (Å²) in [6, 6.07) is 15.4. The summed E-state index contributed by atoms with van der Waals surface area (Å²) in [7, 11) is 0. The van der Waals surface area contributed by atoms with Gasteiger partial charge in [0.2, 0.25) is 0 Å². The van der Waals surface area contributed by atoms with Crippen LogP contribution in [0.25, 0.3) is 10.8 Å². The number of hydrogen-bond acceptors (Lipinski definition) is 0. The van der Waals surface area contributed by atoms with Crippen molar-refractivity contribution in [3.63, 3.8) is 0 Å². The van der Waals surface area contributed by atoms with Gasteiger partial charge in [-0.3, -0.25) is 0 Å². The van der Waals surface area contributed by atoms with E-state index in [1.807, 2.05) is 0 Å². The molecule has 0 nitrogen and oxygen atoms in total. The van der Waals surface area contributed by atoms with Crippen LogP contribution in [0.1, 0.15) is 43.0 Å². The van der Waals surface area contributed by atoms with Crippen LogP contribution in [-0.2, 0) is 0 Å². The van der Waals surface area contributed by atoms with Gasteiger partial charge in [0, 0.05) is 4.83 Å². The summed E-state index contributed by atoms with van der Waals surface area (Å²) in [5.41, 5.74) is 1.47. The van der Waals surface area contributed by atoms with Gasteiger partial charge in [0.05, 0.1) is 0 Å². The minimum absolute atomic E-state index is 0.506. The van der Waals surface area contributed by atoms with Gasteiger partial charge in [0.15, 0.2) is 0 Å². The normalized spacial score (nSPS) is 25.4. The Hall–Kier alpha value is -0.820. The molecule has 0 bridgehead atoms. The number of hydrogen-bond donors (Lipinski definition) is 0. The standard InChI is InChI=1S/C18H21Br/c1-13-9-11-15(12-10-13)18(19)17-8-4-6-14-5-2-3-7-16(14)17/h2-8,13,15,18H,9-12H2,1H3. The maximum Gasteiger partial charge on any atom is 0.0429 e. The highest BCUT2D eigenvalue weighted by atomic mass is 79.9. The Balaban J connectivity index is 1.91. The summed E-state index contributed by atoms with van der Waals surface area (Å²) in [6.45, 7) is 2.39. The van der Waals surface area contributed by atoms with Crippen LogP contribution in [0.4, 0.5) is 0 Å². The van der Waals surface area contributed by atoms with E-state index in [0.717, 1.165) is 11.8 Å². The number of benzene rings is 2. The van der Waals surface area contributed by atoms with Gasteiger partial charge in [-0.2, -0.15) is 0 Å². The van der Waals surface area contributed by atoms with Crippen LogP contribution in [0.2, 0.25) is 0 Å². The molecule has 0 radical (unpaired) electrons. The Morgan fingerprint density at radius 2 is 1.63 bits per heavy atom. The van der Waals surface area contributed by atoms with Crippen LogP contribution >= 0.6 is 15.9 Å². The van der Waals surface area contributed by atoms with Gasteiger partial charge in [-0.05, 0) is 41.0 Å². The van der Waals surface area contributed by atoms with Gasteiger partial charge in [-0.1, -0.05) is 78.2 Å². The van der Waals surface area contributed by atoms with Gasteiger partial charge < -0.3 is 0 Å². The largest absolute Gasteiger partial charge is 0.0836 e. The average Bonchev–Trinajstić information content (AvgIpc) is 2.47. The third-order valence-corrected chi connectivity index (χ3v) is 5.84. The van der Waals surface area contributed by atoms with Crippen molar-refractivity contribution in [1.82, 2.24) is 0 Å². The predicted molar refractivity (Wildman–Crippen MR) is 86.7 cm³/mol. The summed E-state index contributed by atoms with van der Waals surface area (Å²) in [5.74, 6) is 1.71. The summed E-state index contributed by atoms with van der Waals surface area (Å²) in [5, 5.41) is 2.76. The summed E-state index contributed by atoms with van der Waals surface area (Å²) < 4.78 is 0. The molecule has 0 amide bonds. The maximum absolute atomic E-state index is 3.99. The van der Waals surface area contributed by atoms with Gasteiger partial charge in [-0.25, -0.2) is 0 Å². The Morgan fingerprint density at radius 3 is 2.42 bits per heavy atom. The van der Waals surface area contributed by atoms with Crippen molar-refractivity contribution in [2.45, 2.75) is 37.4 Å². The van der Waals surface area contributed by atoms with Crippen LogP contribution in [0.3, 0.4) is 0 Å². The van der Waals surface area contributed by atoms with E-state index in [4.69, 9.17) is 0 Å². The molecule has 100 valence electrons. The van der Waals surface area contributed by atoms with Crippen molar-refractivity contribution < 1.29 is 0 Å². The van der Waals surface area contributed by atoms with Crippen LogP contribution in [0.15, 0.2) is 42.5 Å². The van der Waals surface area contributed by atoms with Crippen LogP contribution in [0, 0.1) is 11.8 Å². The molecule has 0 spiro atoms. The van der Waals surface area contributed by atoms with E-state index < -0.39 is 0 Å². The summed E-state index contributed by atoms with van der Waals surface area (Å²) >= 11 is 3.99. The van der Waals surface area contributed by atoms with Crippen molar-refractivity contribution >= 4 is 26.7 Å². The number of halogens is 1. The fraction of sp³-hybridized carbons (Fsp3) is 0.444. The lowest BCUT2D eigenvalue weighted by Gasteiger charge is -2.30. The van der Waals surface area contributed by atoms with Crippen molar-refractivity contribution in [2.24, 2.45) is 11.8 Å². The lowest BCUT2D eigenvalue weighted by atomic mass is 9.79. The minimum Gasteiger partial charge on any atom is -0.0836 e. The lowest BCUT2D eigenvalue weighted by molar-refractivity contribution is 0.288. The lowest BCUT2D eigenvalue weighted by Crippen LogP contribution is -2.16.